The summed E-state index contributed by atoms with van der Waals surface area (Å²) in [7, 11) is 0. The summed E-state index contributed by atoms with van der Waals surface area (Å²) in [4.78, 5) is 30.1. The summed E-state index contributed by atoms with van der Waals surface area (Å²) in [5.41, 5.74) is 0.256. The second-order valence-electron chi connectivity index (χ2n) is 6.05. The molecule has 0 aromatic heterocycles. The van der Waals surface area contributed by atoms with Gasteiger partial charge < -0.3 is 40.9 Å². The van der Waals surface area contributed by atoms with E-state index in [4.69, 9.17) is 24.5 Å². The van der Waals surface area contributed by atoms with Crippen molar-refractivity contribution in [3.05, 3.63) is 54.1 Å². The lowest BCUT2D eigenvalue weighted by Gasteiger charge is -2.13. The van der Waals surface area contributed by atoms with Gasteiger partial charge in [-0.2, -0.15) is 0 Å². The molecular formula is C20H24N2O9. The molecule has 0 aliphatic carbocycles. The molecule has 1 unspecified atom stereocenters. The summed E-state index contributed by atoms with van der Waals surface area (Å²) in [6.07, 6.45) is -0.662. The van der Waals surface area contributed by atoms with Crippen LogP contribution in [0, 0.1) is 0 Å². The van der Waals surface area contributed by atoms with Gasteiger partial charge in [0.15, 0.2) is 11.5 Å². The Bertz CT molecular complexity index is 847. The lowest BCUT2D eigenvalue weighted by molar-refractivity contribution is -0.159. The molecule has 0 bridgehead atoms. The molecule has 1 atom stereocenters. The van der Waals surface area contributed by atoms with E-state index < -0.39 is 18.0 Å². The fraction of sp³-hybridized carbons (Fsp3) is 0.250. The van der Waals surface area contributed by atoms with Crippen molar-refractivity contribution in [2.75, 3.05) is 26.2 Å². The highest BCUT2D eigenvalue weighted by Crippen LogP contribution is 2.24. The second kappa shape index (κ2) is 13.4. The summed E-state index contributed by atoms with van der Waals surface area (Å²) < 4.78 is 5.44. The number of aliphatic hydroxyl groups is 1. The molecule has 0 fully saturated rings. The van der Waals surface area contributed by atoms with Gasteiger partial charge in [-0.3, -0.25) is 4.79 Å². The highest BCUT2D eigenvalue weighted by molar-refractivity contribution is 6.27. The van der Waals surface area contributed by atoms with Crippen LogP contribution in [0.15, 0.2) is 48.5 Å². The number of carbonyl (C=O) groups excluding carboxylic acids is 1. The van der Waals surface area contributed by atoms with Crippen LogP contribution in [0.1, 0.15) is 10.4 Å². The van der Waals surface area contributed by atoms with Crippen LogP contribution < -0.4 is 15.4 Å². The number of aliphatic carboxylic acids is 2. The zero-order valence-corrected chi connectivity index (χ0v) is 16.4. The number of hydrogen-bond acceptors (Lipinski definition) is 8. The third kappa shape index (κ3) is 10.5. The summed E-state index contributed by atoms with van der Waals surface area (Å²) in [5, 5.41) is 48.9. The Morgan fingerprint density at radius 1 is 0.903 bits per heavy atom. The Hall–Kier alpha value is -3.83. The van der Waals surface area contributed by atoms with Gasteiger partial charge >= 0.3 is 11.9 Å². The van der Waals surface area contributed by atoms with Crippen LogP contribution in [0.2, 0.25) is 0 Å². The Balaban J connectivity index is 0.000000703. The van der Waals surface area contributed by atoms with E-state index in [9.17, 15) is 20.1 Å². The van der Waals surface area contributed by atoms with Gasteiger partial charge in [0.1, 0.15) is 18.5 Å². The van der Waals surface area contributed by atoms with Gasteiger partial charge in [-0.15, -0.1) is 0 Å². The molecule has 11 nitrogen and oxygen atoms in total. The first-order valence-corrected chi connectivity index (χ1v) is 9.03. The number of aliphatic hydroxyl groups excluding tert-OH is 1. The van der Waals surface area contributed by atoms with E-state index in [1.54, 1.807) is 0 Å². The number of aromatic hydroxyl groups is 2. The molecule has 0 saturated heterocycles. The average Bonchev–Trinajstić information content (AvgIpc) is 2.75. The standard InChI is InChI=1S/C18H22N2O5.C2H2O4/c21-14(12-25-15-4-2-1-3-5-15)11-19-8-9-20-18(24)13-6-7-16(22)17(23)10-13;3-1(4)2(5)6/h1-7,10,14,19,21-23H,8-9,11-12H2,(H,20,24);(H,3,4)(H,5,6). The number of phenols is 2. The van der Waals surface area contributed by atoms with Gasteiger partial charge in [-0.05, 0) is 30.3 Å². The first kappa shape index (κ1) is 25.2. The summed E-state index contributed by atoms with van der Waals surface area (Å²) in [5.74, 6) is -3.92. The third-order valence-corrected chi connectivity index (χ3v) is 3.57. The fourth-order valence-corrected chi connectivity index (χ4v) is 2.07. The lowest BCUT2D eigenvalue weighted by Crippen LogP contribution is -2.37. The van der Waals surface area contributed by atoms with Crippen LogP contribution >= 0.6 is 0 Å². The highest BCUT2D eigenvalue weighted by atomic mass is 16.5. The number of carboxylic acid groups (broad SMARTS) is 2. The largest absolute Gasteiger partial charge is 0.504 e. The summed E-state index contributed by atoms with van der Waals surface area (Å²) in [6, 6.07) is 13.1. The van der Waals surface area contributed by atoms with Gasteiger partial charge in [-0.1, -0.05) is 18.2 Å². The number of carbonyl (C=O) groups is 3. The maximum Gasteiger partial charge on any atom is 0.414 e. The molecule has 7 N–H and O–H groups in total. The minimum absolute atomic E-state index is 0.177. The van der Waals surface area contributed by atoms with E-state index in [1.807, 2.05) is 30.3 Å². The zero-order chi connectivity index (χ0) is 23.2. The fourth-order valence-electron chi connectivity index (χ4n) is 2.07. The summed E-state index contributed by atoms with van der Waals surface area (Å²) >= 11 is 0. The van der Waals surface area contributed by atoms with E-state index in [0.717, 1.165) is 0 Å². The predicted molar refractivity (Wildman–Crippen MR) is 108 cm³/mol. The van der Waals surface area contributed by atoms with Crippen molar-refractivity contribution in [3.8, 4) is 17.2 Å². The molecule has 0 radical (unpaired) electrons. The molecule has 11 heteroatoms. The number of phenolic OH excluding ortho intramolecular Hbond substituents is 2. The Morgan fingerprint density at radius 3 is 2.13 bits per heavy atom. The second-order valence-corrected chi connectivity index (χ2v) is 6.05. The Kier molecular flexibility index (Phi) is 10.9. The van der Waals surface area contributed by atoms with Crippen LogP contribution in [0.25, 0.3) is 0 Å². The van der Waals surface area contributed by atoms with Gasteiger partial charge in [-0.25, -0.2) is 9.59 Å². The van der Waals surface area contributed by atoms with E-state index in [0.29, 0.717) is 25.4 Å². The van der Waals surface area contributed by atoms with E-state index in [2.05, 4.69) is 10.6 Å². The molecule has 0 heterocycles. The number of benzene rings is 2. The van der Waals surface area contributed by atoms with Crippen molar-refractivity contribution in [2.24, 2.45) is 0 Å². The van der Waals surface area contributed by atoms with Crippen molar-refractivity contribution in [3.63, 3.8) is 0 Å². The molecule has 0 spiro atoms. The number of nitrogens with one attached hydrogen (secondary N) is 2. The molecule has 1 amide bonds. The van der Waals surface area contributed by atoms with Crippen molar-refractivity contribution in [1.82, 2.24) is 10.6 Å². The maximum atomic E-state index is 11.9. The zero-order valence-electron chi connectivity index (χ0n) is 16.4. The Labute approximate surface area is 177 Å². The molecule has 2 rings (SSSR count). The van der Waals surface area contributed by atoms with Crippen LogP contribution in [0.5, 0.6) is 17.2 Å². The van der Waals surface area contributed by atoms with Crippen molar-refractivity contribution >= 4 is 17.8 Å². The van der Waals surface area contributed by atoms with E-state index in [-0.39, 0.29) is 29.6 Å². The first-order valence-electron chi connectivity index (χ1n) is 9.03. The molecule has 168 valence electrons. The first-order chi connectivity index (χ1) is 14.7. The van der Waals surface area contributed by atoms with Crippen LogP contribution in [-0.2, 0) is 9.59 Å². The average molecular weight is 436 g/mol. The minimum atomic E-state index is -1.82. The number of amides is 1. The molecule has 31 heavy (non-hydrogen) atoms. The number of hydrogen-bond donors (Lipinski definition) is 7. The van der Waals surface area contributed by atoms with Gasteiger partial charge in [0, 0.05) is 25.2 Å². The van der Waals surface area contributed by atoms with Crippen molar-refractivity contribution in [2.45, 2.75) is 6.10 Å². The molecular weight excluding hydrogens is 412 g/mol. The molecule has 2 aromatic carbocycles. The van der Waals surface area contributed by atoms with Gasteiger partial charge in [0.25, 0.3) is 5.91 Å². The Morgan fingerprint density at radius 2 is 1.55 bits per heavy atom. The topological polar surface area (TPSA) is 186 Å². The minimum Gasteiger partial charge on any atom is -0.504 e. The number of ether oxygens (including phenoxy) is 1. The molecule has 2 aromatic rings. The molecule has 0 aliphatic rings. The SMILES string of the molecule is O=C(NCCNCC(O)COc1ccccc1)c1ccc(O)c(O)c1.O=C(O)C(=O)O. The van der Waals surface area contributed by atoms with Gasteiger partial charge in [0.05, 0.1) is 0 Å². The van der Waals surface area contributed by atoms with Crippen molar-refractivity contribution < 1.29 is 44.7 Å². The molecule has 0 aliphatic heterocycles. The maximum absolute atomic E-state index is 11.9. The highest BCUT2D eigenvalue weighted by Gasteiger charge is 2.09. The van der Waals surface area contributed by atoms with E-state index in [1.165, 1.54) is 18.2 Å². The predicted octanol–water partition coefficient (Wildman–Crippen LogP) is 0.0127. The monoisotopic (exact) mass is 436 g/mol. The lowest BCUT2D eigenvalue weighted by atomic mass is 10.2. The smallest absolute Gasteiger partial charge is 0.414 e. The van der Waals surface area contributed by atoms with Crippen LogP contribution in [-0.4, -0.2) is 75.7 Å². The quantitative estimate of drug-likeness (QED) is 0.160. The van der Waals surface area contributed by atoms with E-state index >= 15 is 0 Å². The molecule has 0 saturated carbocycles. The normalized spacial score (nSPS) is 10.9. The summed E-state index contributed by atoms with van der Waals surface area (Å²) in [6.45, 7) is 1.34. The third-order valence-electron chi connectivity index (χ3n) is 3.57. The van der Waals surface area contributed by atoms with Crippen LogP contribution in [0.4, 0.5) is 0 Å². The van der Waals surface area contributed by atoms with Gasteiger partial charge in [0.2, 0.25) is 0 Å². The van der Waals surface area contributed by atoms with Crippen LogP contribution in [0.3, 0.4) is 0 Å². The number of para-hydroxylation sites is 1. The number of carboxylic acids is 2. The van der Waals surface area contributed by atoms with Crippen molar-refractivity contribution in [1.29, 1.82) is 0 Å². The number of rotatable bonds is 9.